The molecule has 0 aliphatic heterocycles. The maximum Gasteiger partial charge on any atom is 0.409 e. The molecule has 98 valence electrons. The first-order valence-corrected chi connectivity index (χ1v) is 5.44. The maximum absolute atomic E-state index is 13.7. The molecule has 0 aliphatic rings. The van der Waals surface area contributed by atoms with Gasteiger partial charge in [-0.05, 0) is 29.8 Å². The van der Waals surface area contributed by atoms with Crippen LogP contribution >= 0.6 is 0 Å². The first-order valence-electron chi connectivity index (χ1n) is 5.44. The highest BCUT2D eigenvalue weighted by atomic mass is 19.1. The van der Waals surface area contributed by atoms with Crippen molar-refractivity contribution in [2.75, 3.05) is 5.32 Å². The number of nitrogens with zero attached hydrogens (tertiary/aromatic N) is 1. The van der Waals surface area contributed by atoms with Crippen LogP contribution < -0.4 is 10.9 Å². The molecule has 1 heterocycles. The molecule has 2 N–H and O–H groups in total. The predicted molar refractivity (Wildman–Crippen MR) is 68.7 cm³/mol. The molecule has 0 saturated carbocycles. The molecule has 6 heteroatoms. The van der Waals surface area contributed by atoms with Crippen molar-refractivity contribution in [2.45, 2.75) is 0 Å². The SMILES string of the molecule is Cn1cccc(-c2ccc(NC(=O)O)c(F)c2)c1=O. The molecule has 0 spiro atoms. The van der Waals surface area contributed by atoms with Gasteiger partial charge in [0.05, 0.1) is 5.69 Å². The molecule has 1 aromatic heterocycles. The van der Waals surface area contributed by atoms with Crippen molar-refractivity contribution in [3.05, 3.63) is 52.7 Å². The van der Waals surface area contributed by atoms with Crippen LogP contribution in [0.4, 0.5) is 14.9 Å². The summed E-state index contributed by atoms with van der Waals surface area (Å²) in [4.78, 5) is 22.3. The molecular weight excluding hydrogens is 251 g/mol. The van der Waals surface area contributed by atoms with Gasteiger partial charge in [0.15, 0.2) is 0 Å². The van der Waals surface area contributed by atoms with Gasteiger partial charge < -0.3 is 9.67 Å². The van der Waals surface area contributed by atoms with Crippen LogP contribution in [0.5, 0.6) is 0 Å². The van der Waals surface area contributed by atoms with E-state index in [1.54, 1.807) is 25.4 Å². The van der Waals surface area contributed by atoms with E-state index in [4.69, 9.17) is 5.11 Å². The summed E-state index contributed by atoms with van der Waals surface area (Å²) in [7, 11) is 1.60. The van der Waals surface area contributed by atoms with Crippen LogP contribution in [0, 0.1) is 5.82 Å². The summed E-state index contributed by atoms with van der Waals surface area (Å²) >= 11 is 0. The minimum absolute atomic E-state index is 0.149. The zero-order valence-electron chi connectivity index (χ0n) is 10.1. The minimum Gasteiger partial charge on any atom is -0.465 e. The van der Waals surface area contributed by atoms with Crippen LogP contribution in [0.3, 0.4) is 0 Å². The zero-order valence-corrected chi connectivity index (χ0v) is 10.1. The molecule has 2 aromatic rings. The maximum atomic E-state index is 13.7. The summed E-state index contributed by atoms with van der Waals surface area (Å²) in [6, 6.07) is 7.16. The summed E-state index contributed by atoms with van der Waals surface area (Å²) in [6.07, 6.45) is 0.255. The lowest BCUT2D eigenvalue weighted by Gasteiger charge is -2.06. The van der Waals surface area contributed by atoms with E-state index < -0.39 is 11.9 Å². The van der Waals surface area contributed by atoms with E-state index >= 15 is 0 Å². The van der Waals surface area contributed by atoms with Gasteiger partial charge in [0, 0.05) is 18.8 Å². The second-order valence-electron chi connectivity index (χ2n) is 3.96. The average Bonchev–Trinajstić information content (AvgIpc) is 2.35. The summed E-state index contributed by atoms with van der Waals surface area (Å²) < 4.78 is 15.1. The number of aryl methyl sites for hydroxylation is 1. The fraction of sp³-hybridized carbons (Fsp3) is 0.0769. The van der Waals surface area contributed by atoms with E-state index in [1.165, 1.54) is 16.7 Å². The van der Waals surface area contributed by atoms with Crippen molar-refractivity contribution in [1.82, 2.24) is 4.57 Å². The fourth-order valence-electron chi connectivity index (χ4n) is 1.72. The molecule has 1 amide bonds. The first-order chi connectivity index (χ1) is 8.99. The highest BCUT2D eigenvalue weighted by Crippen LogP contribution is 2.22. The first kappa shape index (κ1) is 12.8. The number of nitrogens with one attached hydrogen (secondary N) is 1. The Morgan fingerprint density at radius 3 is 2.74 bits per heavy atom. The standard InChI is InChI=1S/C13H11FN2O3/c1-16-6-2-3-9(12(16)17)8-4-5-11(10(14)7-8)15-13(18)19/h2-7,15H,1H3,(H,18,19). The Morgan fingerprint density at radius 1 is 1.37 bits per heavy atom. The Kier molecular flexibility index (Phi) is 3.33. The molecule has 0 fully saturated rings. The molecule has 19 heavy (non-hydrogen) atoms. The number of anilines is 1. The lowest BCUT2D eigenvalue weighted by molar-refractivity contribution is 0.209. The third-order valence-corrected chi connectivity index (χ3v) is 2.65. The van der Waals surface area contributed by atoms with Gasteiger partial charge in [0.25, 0.3) is 5.56 Å². The second-order valence-corrected chi connectivity index (χ2v) is 3.96. The Hall–Kier alpha value is -2.63. The molecule has 1 aromatic carbocycles. The Bertz CT molecular complexity index is 695. The van der Waals surface area contributed by atoms with Gasteiger partial charge in [-0.2, -0.15) is 0 Å². The number of amides is 1. The van der Waals surface area contributed by atoms with Crippen LogP contribution in [0.2, 0.25) is 0 Å². The molecule has 2 rings (SSSR count). The summed E-state index contributed by atoms with van der Waals surface area (Å²) in [6.45, 7) is 0. The topological polar surface area (TPSA) is 71.3 Å². The number of carboxylic acid groups (broad SMARTS) is 1. The van der Waals surface area contributed by atoms with Crippen LogP contribution in [0.15, 0.2) is 41.3 Å². The zero-order chi connectivity index (χ0) is 14.0. The van der Waals surface area contributed by atoms with Gasteiger partial charge in [-0.3, -0.25) is 10.1 Å². The summed E-state index contributed by atoms with van der Waals surface area (Å²) in [5.41, 5.74) is 0.352. The Balaban J connectivity index is 2.48. The van der Waals surface area contributed by atoms with Gasteiger partial charge in [-0.1, -0.05) is 6.07 Å². The number of rotatable bonds is 2. The van der Waals surface area contributed by atoms with Gasteiger partial charge in [-0.15, -0.1) is 0 Å². The van der Waals surface area contributed by atoms with Crippen molar-refractivity contribution in [3.8, 4) is 11.1 Å². The summed E-state index contributed by atoms with van der Waals surface area (Å²) in [5.74, 6) is -0.731. The fourth-order valence-corrected chi connectivity index (χ4v) is 1.72. The van der Waals surface area contributed by atoms with Crippen LogP contribution in [-0.2, 0) is 7.05 Å². The van der Waals surface area contributed by atoms with Crippen molar-refractivity contribution in [2.24, 2.45) is 7.05 Å². The smallest absolute Gasteiger partial charge is 0.409 e. The number of benzene rings is 1. The molecule has 0 unspecified atom stereocenters. The largest absolute Gasteiger partial charge is 0.465 e. The predicted octanol–water partition coefficient (Wildman–Crippen LogP) is 2.28. The van der Waals surface area contributed by atoms with Crippen molar-refractivity contribution < 1.29 is 14.3 Å². The molecule has 5 nitrogen and oxygen atoms in total. The van der Waals surface area contributed by atoms with Crippen molar-refractivity contribution in [3.63, 3.8) is 0 Å². The van der Waals surface area contributed by atoms with Gasteiger partial charge >= 0.3 is 6.09 Å². The number of hydrogen-bond donors (Lipinski definition) is 2. The van der Waals surface area contributed by atoms with E-state index in [0.717, 1.165) is 6.07 Å². The Morgan fingerprint density at radius 2 is 2.11 bits per heavy atom. The third kappa shape index (κ3) is 2.62. The lowest BCUT2D eigenvalue weighted by Crippen LogP contribution is -2.17. The number of halogens is 1. The highest BCUT2D eigenvalue weighted by molar-refractivity contribution is 5.83. The molecule has 0 atom stereocenters. The van der Waals surface area contributed by atoms with Crippen LogP contribution in [0.25, 0.3) is 11.1 Å². The van der Waals surface area contributed by atoms with E-state index in [2.05, 4.69) is 0 Å². The van der Waals surface area contributed by atoms with Gasteiger partial charge in [-0.25, -0.2) is 9.18 Å². The van der Waals surface area contributed by atoms with E-state index in [9.17, 15) is 14.0 Å². The van der Waals surface area contributed by atoms with E-state index in [0.29, 0.717) is 11.1 Å². The number of aromatic nitrogens is 1. The highest BCUT2D eigenvalue weighted by Gasteiger charge is 2.09. The monoisotopic (exact) mass is 262 g/mol. The van der Waals surface area contributed by atoms with Crippen LogP contribution in [0.1, 0.15) is 0 Å². The van der Waals surface area contributed by atoms with Crippen molar-refractivity contribution >= 4 is 11.8 Å². The molecular formula is C13H11FN2O3. The third-order valence-electron chi connectivity index (χ3n) is 2.65. The van der Waals surface area contributed by atoms with E-state index in [1.807, 2.05) is 5.32 Å². The molecule has 0 bridgehead atoms. The normalized spacial score (nSPS) is 10.2. The number of carbonyl (C=O) groups is 1. The quantitative estimate of drug-likeness (QED) is 0.872. The number of pyridine rings is 1. The van der Waals surface area contributed by atoms with Gasteiger partial charge in [0.1, 0.15) is 5.82 Å². The molecule has 0 saturated heterocycles. The average molecular weight is 262 g/mol. The number of hydrogen-bond acceptors (Lipinski definition) is 2. The van der Waals surface area contributed by atoms with Crippen LogP contribution in [-0.4, -0.2) is 15.8 Å². The lowest BCUT2D eigenvalue weighted by atomic mass is 10.1. The summed E-state index contributed by atoms with van der Waals surface area (Å²) in [5, 5.41) is 10.5. The second kappa shape index (κ2) is 4.93. The Labute approximate surface area is 107 Å². The molecule has 0 aliphatic carbocycles. The molecule has 0 radical (unpaired) electrons. The minimum atomic E-state index is -1.35. The van der Waals surface area contributed by atoms with E-state index in [-0.39, 0.29) is 11.2 Å². The van der Waals surface area contributed by atoms with Gasteiger partial charge in [0.2, 0.25) is 0 Å². The van der Waals surface area contributed by atoms with Crippen molar-refractivity contribution in [1.29, 1.82) is 0 Å².